The minimum absolute atomic E-state index is 0.205. The Balaban J connectivity index is 2.86. The van der Waals surface area contributed by atoms with Gasteiger partial charge >= 0.3 is 5.97 Å². The van der Waals surface area contributed by atoms with Crippen molar-refractivity contribution in [2.75, 3.05) is 0 Å². The molecule has 1 aromatic rings. The molecule has 5 nitrogen and oxygen atoms in total. The number of amides is 1. The predicted octanol–water partition coefficient (Wildman–Crippen LogP) is 1.59. The molecule has 2 N–H and O–H groups in total. The summed E-state index contributed by atoms with van der Waals surface area (Å²) < 4.78 is 0. The number of nitrogens with zero attached hydrogens (tertiary/aromatic N) is 1. The molecule has 1 aromatic carbocycles. The molecule has 1 atom stereocenters. The van der Waals surface area contributed by atoms with Gasteiger partial charge in [-0.25, -0.2) is 4.79 Å². The molecule has 5 heteroatoms. The fourth-order valence-electron chi connectivity index (χ4n) is 1.65. The first-order valence-electron chi connectivity index (χ1n) is 5.95. The molecule has 0 fully saturated rings. The van der Waals surface area contributed by atoms with Gasteiger partial charge in [-0.1, -0.05) is 26.0 Å². The van der Waals surface area contributed by atoms with Gasteiger partial charge in [0.1, 0.15) is 6.04 Å². The standard InChI is InChI=1S/C14H16N2O3/c1-9(2)12(14(18)19)16-13(17)11-5-3-4-10(8-11)6-7-15/h3-5,8-9,12H,6H2,1-2H3,(H,16,17)(H,18,19)/t12-/m0/s1. The molecule has 1 amide bonds. The zero-order valence-corrected chi connectivity index (χ0v) is 10.9. The van der Waals surface area contributed by atoms with Crippen LogP contribution in [0.1, 0.15) is 29.8 Å². The van der Waals surface area contributed by atoms with E-state index in [-0.39, 0.29) is 12.3 Å². The first-order chi connectivity index (χ1) is 8.95. The van der Waals surface area contributed by atoms with E-state index in [1.165, 1.54) is 0 Å². The number of nitriles is 1. The molecule has 0 spiro atoms. The largest absolute Gasteiger partial charge is 0.480 e. The van der Waals surface area contributed by atoms with Crippen LogP contribution in [0.15, 0.2) is 24.3 Å². The first kappa shape index (κ1) is 14.7. The molecule has 1 rings (SSSR count). The van der Waals surface area contributed by atoms with Crippen LogP contribution in [-0.4, -0.2) is 23.0 Å². The highest BCUT2D eigenvalue weighted by Gasteiger charge is 2.23. The number of benzene rings is 1. The van der Waals surface area contributed by atoms with Crippen LogP contribution in [0.25, 0.3) is 0 Å². The smallest absolute Gasteiger partial charge is 0.326 e. The summed E-state index contributed by atoms with van der Waals surface area (Å²) >= 11 is 0. The topological polar surface area (TPSA) is 90.2 Å². The predicted molar refractivity (Wildman–Crippen MR) is 69.5 cm³/mol. The van der Waals surface area contributed by atoms with Crippen LogP contribution < -0.4 is 5.32 Å². The summed E-state index contributed by atoms with van der Waals surface area (Å²) in [6, 6.07) is 7.69. The third-order valence-electron chi connectivity index (χ3n) is 2.69. The Morgan fingerprint density at radius 3 is 2.63 bits per heavy atom. The number of carbonyl (C=O) groups excluding carboxylic acids is 1. The normalized spacial score (nSPS) is 11.7. The van der Waals surface area contributed by atoms with Gasteiger partial charge in [0.25, 0.3) is 5.91 Å². The van der Waals surface area contributed by atoms with Gasteiger partial charge in [0.2, 0.25) is 0 Å². The summed E-state index contributed by atoms with van der Waals surface area (Å²) in [7, 11) is 0. The van der Waals surface area contributed by atoms with E-state index in [9.17, 15) is 9.59 Å². The average Bonchev–Trinajstić information content (AvgIpc) is 2.35. The number of carbonyl (C=O) groups is 2. The summed E-state index contributed by atoms with van der Waals surface area (Å²) in [4.78, 5) is 23.0. The van der Waals surface area contributed by atoms with Crippen LogP contribution in [0.2, 0.25) is 0 Å². The van der Waals surface area contributed by atoms with Crippen LogP contribution in [0.5, 0.6) is 0 Å². The molecule has 0 aromatic heterocycles. The molecule has 0 heterocycles. The van der Waals surface area contributed by atoms with Crippen molar-refractivity contribution in [3.8, 4) is 6.07 Å². The molecule has 0 aliphatic heterocycles. The van der Waals surface area contributed by atoms with Gasteiger partial charge in [-0.05, 0) is 23.6 Å². The lowest BCUT2D eigenvalue weighted by Gasteiger charge is -2.18. The van der Waals surface area contributed by atoms with Gasteiger partial charge in [0.15, 0.2) is 0 Å². The second-order valence-corrected chi connectivity index (χ2v) is 4.57. The van der Waals surface area contributed by atoms with Crippen molar-refractivity contribution < 1.29 is 14.7 Å². The van der Waals surface area contributed by atoms with E-state index >= 15 is 0 Å². The molecule has 0 saturated carbocycles. The molecule has 0 unspecified atom stereocenters. The van der Waals surface area contributed by atoms with Crippen molar-refractivity contribution in [1.82, 2.24) is 5.32 Å². The van der Waals surface area contributed by atoms with E-state index in [2.05, 4.69) is 5.32 Å². The van der Waals surface area contributed by atoms with E-state index in [1.807, 2.05) is 6.07 Å². The maximum absolute atomic E-state index is 12.0. The molecule has 0 saturated heterocycles. The summed E-state index contributed by atoms with van der Waals surface area (Å²) in [5.41, 5.74) is 1.09. The summed E-state index contributed by atoms with van der Waals surface area (Å²) in [5.74, 6) is -1.71. The Kier molecular flexibility index (Phi) is 5.07. The van der Waals surface area contributed by atoms with Gasteiger partial charge in [-0.15, -0.1) is 0 Å². The fraction of sp³-hybridized carbons (Fsp3) is 0.357. The Morgan fingerprint density at radius 1 is 1.42 bits per heavy atom. The number of hydrogen-bond donors (Lipinski definition) is 2. The van der Waals surface area contributed by atoms with Crippen molar-refractivity contribution >= 4 is 11.9 Å². The van der Waals surface area contributed by atoms with Gasteiger partial charge < -0.3 is 10.4 Å². The number of carboxylic acid groups (broad SMARTS) is 1. The Bertz CT molecular complexity index is 518. The average molecular weight is 260 g/mol. The molecule has 100 valence electrons. The zero-order valence-electron chi connectivity index (χ0n) is 10.9. The lowest BCUT2D eigenvalue weighted by Crippen LogP contribution is -2.44. The van der Waals surface area contributed by atoms with E-state index in [0.29, 0.717) is 5.56 Å². The first-order valence-corrected chi connectivity index (χ1v) is 5.95. The van der Waals surface area contributed by atoms with Gasteiger partial charge in [0, 0.05) is 5.56 Å². The Morgan fingerprint density at radius 2 is 2.11 bits per heavy atom. The lowest BCUT2D eigenvalue weighted by molar-refractivity contribution is -0.140. The zero-order chi connectivity index (χ0) is 14.4. The number of nitrogens with one attached hydrogen (secondary N) is 1. The summed E-state index contributed by atoms with van der Waals surface area (Å²) in [6.45, 7) is 3.45. The van der Waals surface area contributed by atoms with E-state index < -0.39 is 17.9 Å². The number of rotatable bonds is 5. The molecule has 0 aliphatic carbocycles. The van der Waals surface area contributed by atoms with Gasteiger partial charge in [0.05, 0.1) is 12.5 Å². The third kappa shape index (κ3) is 4.11. The lowest BCUT2D eigenvalue weighted by atomic mass is 10.0. The Labute approximate surface area is 111 Å². The molecular formula is C14H16N2O3. The van der Waals surface area contributed by atoms with Crippen molar-refractivity contribution in [3.63, 3.8) is 0 Å². The highest BCUT2D eigenvalue weighted by Crippen LogP contribution is 2.08. The molecule has 0 aliphatic rings. The van der Waals surface area contributed by atoms with E-state index in [0.717, 1.165) is 5.56 Å². The van der Waals surface area contributed by atoms with E-state index in [1.54, 1.807) is 38.1 Å². The SMILES string of the molecule is CC(C)[C@H](NC(=O)c1cccc(CC#N)c1)C(=O)O. The van der Waals surface area contributed by atoms with Gasteiger partial charge in [-0.3, -0.25) is 4.79 Å². The second kappa shape index (κ2) is 6.55. The highest BCUT2D eigenvalue weighted by atomic mass is 16.4. The third-order valence-corrected chi connectivity index (χ3v) is 2.69. The monoisotopic (exact) mass is 260 g/mol. The van der Waals surface area contributed by atoms with Crippen molar-refractivity contribution in [2.24, 2.45) is 5.92 Å². The van der Waals surface area contributed by atoms with Crippen LogP contribution >= 0.6 is 0 Å². The minimum atomic E-state index is -1.06. The van der Waals surface area contributed by atoms with E-state index in [4.69, 9.17) is 10.4 Å². The molecule has 0 bridgehead atoms. The van der Waals surface area contributed by atoms with Gasteiger partial charge in [-0.2, -0.15) is 5.26 Å². The van der Waals surface area contributed by atoms with Crippen molar-refractivity contribution in [3.05, 3.63) is 35.4 Å². The quantitative estimate of drug-likeness (QED) is 0.841. The van der Waals surface area contributed by atoms with Crippen LogP contribution in [-0.2, 0) is 11.2 Å². The maximum Gasteiger partial charge on any atom is 0.326 e. The van der Waals surface area contributed by atoms with Crippen LogP contribution in [0.3, 0.4) is 0 Å². The summed E-state index contributed by atoms with van der Waals surface area (Å²) in [6.07, 6.45) is 0.216. The highest BCUT2D eigenvalue weighted by molar-refractivity contribution is 5.96. The molecule has 19 heavy (non-hydrogen) atoms. The Hall–Kier alpha value is -2.35. The number of hydrogen-bond acceptors (Lipinski definition) is 3. The fourth-order valence-corrected chi connectivity index (χ4v) is 1.65. The second-order valence-electron chi connectivity index (χ2n) is 4.57. The van der Waals surface area contributed by atoms with Crippen LogP contribution in [0, 0.1) is 17.2 Å². The maximum atomic E-state index is 12.0. The minimum Gasteiger partial charge on any atom is -0.480 e. The molecular weight excluding hydrogens is 244 g/mol. The number of aliphatic carboxylic acids is 1. The number of carboxylic acids is 1. The summed E-state index contributed by atoms with van der Waals surface area (Å²) in [5, 5.41) is 20.1. The molecule has 0 radical (unpaired) electrons. The van der Waals surface area contributed by atoms with Crippen molar-refractivity contribution in [2.45, 2.75) is 26.3 Å². The van der Waals surface area contributed by atoms with Crippen LogP contribution in [0.4, 0.5) is 0 Å². The van der Waals surface area contributed by atoms with Crippen molar-refractivity contribution in [1.29, 1.82) is 5.26 Å².